The zero-order chi connectivity index (χ0) is 20.5. The Balaban J connectivity index is 1.92. The maximum Gasteiger partial charge on any atom is 0.292 e. The highest BCUT2D eigenvalue weighted by molar-refractivity contribution is 6.06. The van der Waals surface area contributed by atoms with Gasteiger partial charge in [-0.3, -0.25) is 14.0 Å². The van der Waals surface area contributed by atoms with Crippen molar-refractivity contribution in [2.75, 3.05) is 24.3 Å². The second kappa shape index (κ2) is 7.34. The molecule has 0 fully saturated rings. The number of benzene rings is 1. The SMILES string of the molecule is CN(C)c1ccc(NC(=O)c2nc(C(=O)NC(C)(C)C)c3ccccn23)cc1. The van der Waals surface area contributed by atoms with E-state index in [0.29, 0.717) is 11.2 Å². The van der Waals surface area contributed by atoms with Crippen molar-refractivity contribution in [2.24, 2.45) is 0 Å². The molecule has 7 nitrogen and oxygen atoms in total. The highest BCUT2D eigenvalue weighted by Gasteiger charge is 2.24. The van der Waals surface area contributed by atoms with Crippen molar-refractivity contribution in [3.05, 3.63) is 60.2 Å². The minimum atomic E-state index is -0.404. The molecular formula is C21H25N5O2. The lowest BCUT2D eigenvalue weighted by atomic mass is 10.1. The minimum Gasteiger partial charge on any atom is -0.378 e. The Bertz CT molecular complexity index is 1010. The normalized spacial score (nSPS) is 11.3. The van der Waals surface area contributed by atoms with Crippen molar-refractivity contribution in [3.8, 4) is 0 Å². The zero-order valence-electron chi connectivity index (χ0n) is 16.8. The van der Waals surface area contributed by atoms with Crippen molar-refractivity contribution in [1.82, 2.24) is 14.7 Å². The molecule has 0 aliphatic heterocycles. The Morgan fingerprint density at radius 2 is 1.68 bits per heavy atom. The number of aromatic nitrogens is 2. The van der Waals surface area contributed by atoms with Gasteiger partial charge in [-0.15, -0.1) is 0 Å². The number of carbonyl (C=O) groups is 2. The highest BCUT2D eigenvalue weighted by Crippen LogP contribution is 2.18. The van der Waals surface area contributed by atoms with Crippen LogP contribution in [-0.2, 0) is 0 Å². The zero-order valence-corrected chi connectivity index (χ0v) is 16.8. The van der Waals surface area contributed by atoms with E-state index in [1.807, 2.05) is 70.1 Å². The molecule has 3 aromatic rings. The number of pyridine rings is 1. The molecule has 0 aliphatic carbocycles. The maximum atomic E-state index is 12.8. The summed E-state index contributed by atoms with van der Waals surface area (Å²) >= 11 is 0. The van der Waals surface area contributed by atoms with E-state index in [0.717, 1.165) is 5.69 Å². The van der Waals surface area contributed by atoms with Crippen LogP contribution in [0.1, 0.15) is 41.9 Å². The number of carbonyl (C=O) groups excluding carboxylic acids is 2. The lowest BCUT2D eigenvalue weighted by Gasteiger charge is -2.19. The van der Waals surface area contributed by atoms with Crippen LogP contribution < -0.4 is 15.5 Å². The van der Waals surface area contributed by atoms with Crippen LogP contribution in [0.3, 0.4) is 0 Å². The van der Waals surface area contributed by atoms with Gasteiger partial charge in [-0.2, -0.15) is 0 Å². The third kappa shape index (κ3) is 4.14. The van der Waals surface area contributed by atoms with Crippen LogP contribution in [0.4, 0.5) is 11.4 Å². The van der Waals surface area contributed by atoms with Crippen molar-refractivity contribution in [2.45, 2.75) is 26.3 Å². The molecule has 0 spiro atoms. The summed E-state index contributed by atoms with van der Waals surface area (Å²) in [7, 11) is 3.91. The summed E-state index contributed by atoms with van der Waals surface area (Å²) in [5.74, 6) is -0.537. The number of imidazole rings is 1. The number of hydrogen-bond donors (Lipinski definition) is 2. The summed E-state index contributed by atoms with van der Waals surface area (Å²) in [4.78, 5) is 31.8. The van der Waals surface area contributed by atoms with E-state index >= 15 is 0 Å². The topological polar surface area (TPSA) is 78.7 Å². The van der Waals surface area contributed by atoms with Crippen LogP contribution in [0.25, 0.3) is 5.52 Å². The van der Waals surface area contributed by atoms with Crippen molar-refractivity contribution in [1.29, 1.82) is 0 Å². The molecule has 2 heterocycles. The van der Waals surface area contributed by atoms with Gasteiger partial charge in [-0.25, -0.2) is 4.98 Å². The van der Waals surface area contributed by atoms with Gasteiger partial charge < -0.3 is 15.5 Å². The van der Waals surface area contributed by atoms with Gasteiger partial charge in [0, 0.05) is 37.2 Å². The van der Waals surface area contributed by atoms with Crippen LogP contribution in [0, 0.1) is 0 Å². The lowest BCUT2D eigenvalue weighted by Crippen LogP contribution is -2.40. The molecule has 146 valence electrons. The molecule has 0 atom stereocenters. The second-order valence-electron chi connectivity index (χ2n) is 7.84. The number of nitrogens with zero attached hydrogens (tertiary/aromatic N) is 3. The van der Waals surface area contributed by atoms with Crippen LogP contribution in [-0.4, -0.2) is 40.8 Å². The van der Waals surface area contributed by atoms with Gasteiger partial charge >= 0.3 is 0 Å². The van der Waals surface area contributed by atoms with Crippen LogP contribution >= 0.6 is 0 Å². The molecule has 0 bridgehead atoms. The Labute approximate surface area is 164 Å². The average Bonchev–Trinajstić information content (AvgIpc) is 3.01. The van der Waals surface area contributed by atoms with E-state index in [2.05, 4.69) is 15.6 Å². The van der Waals surface area contributed by atoms with E-state index in [4.69, 9.17) is 0 Å². The van der Waals surface area contributed by atoms with Crippen LogP contribution in [0.5, 0.6) is 0 Å². The number of rotatable bonds is 4. The molecule has 7 heteroatoms. The van der Waals surface area contributed by atoms with E-state index in [-0.39, 0.29) is 23.3 Å². The molecular weight excluding hydrogens is 354 g/mol. The third-order valence-electron chi connectivity index (χ3n) is 4.10. The molecule has 0 aliphatic rings. The van der Waals surface area contributed by atoms with Crippen molar-refractivity contribution in [3.63, 3.8) is 0 Å². The standard InChI is InChI=1S/C21H25N5O2/c1-21(2,3)24-19(27)17-16-8-6-7-13-26(16)18(23-17)20(28)22-14-9-11-15(12-10-14)25(4)5/h6-13H,1-5H3,(H,22,28)(H,24,27). The fraction of sp³-hybridized carbons (Fsp3) is 0.286. The van der Waals surface area contributed by atoms with E-state index in [1.165, 1.54) is 0 Å². The van der Waals surface area contributed by atoms with Gasteiger partial charge in [0.1, 0.15) is 0 Å². The summed E-state index contributed by atoms with van der Waals surface area (Å²) < 4.78 is 1.63. The largest absolute Gasteiger partial charge is 0.378 e. The lowest BCUT2D eigenvalue weighted by molar-refractivity contribution is 0.0916. The molecule has 28 heavy (non-hydrogen) atoms. The number of nitrogens with one attached hydrogen (secondary N) is 2. The Kier molecular flexibility index (Phi) is 5.09. The molecule has 1 aromatic carbocycles. The van der Waals surface area contributed by atoms with Crippen LogP contribution in [0.15, 0.2) is 48.7 Å². The van der Waals surface area contributed by atoms with Crippen molar-refractivity contribution < 1.29 is 9.59 Å². The Morgan fingerprint density at radius 3 is 2.29 bits per heavy atom. The van der Waals surface area contributed by atoms with Gasteiger partial charge in [0.25, 0.3) is 11.8 Å². The minimum absolute atomic E-state index is 0.159. The third-order valence-corrected chi connectivity index (χ3v) is 4.10. The summed E-state index contributed by atoms with van der Waals surface area (Å²) in [6.45, 7) is 5.69. The van der Waals surface area contributed by atoms with Gasteiger partial charge in [0.2, 0.25) is 5.82 Å². The average molecular weight is 379 g/mol. The molecule has 0 radical (unpaired) electrons. The quantitative estimate of drug-likeness (QED) is 0.730. The Morgan fingerprint density at radius 1 is 1.00 bits per heavy atom. The van der Waals surface area contributed by atoms with E-state index in [9.17, 15) is 9.59 Å². The van der Waals surface area contributed by atoms with Crippen LogP contribution in [0.2, 0.25) is 0 Å². The number of anilines is 2. The number of amides is 2. The first-order chi connectivity index (χ1) is 13.2. The fourth-order valence-corrected chi connectivity index (χ4v) is 2.79. The molecule has 3 rings (SSSR count). The van der Waals surface area contributed by atoms with Gasteiger partial charge in [-0.05, 0) is 57.2 Å². The highest BCUT2D eigenvalue weighted by atomic mass is 16.2. The van der Waals surface area contributed by atoms with E-state index in [1.54, 1.807) is 22.7 Å². The predicted molar refractivity (Wildman–Crippen MR) is 111 cm³/mol. The van der Waals surface area contributed by atoms with E-state index < -0.39 is 5.54 Å². The molecule has 0 saturated heterocycles. The molecule has 2 amide bonds. The van der Waals surface area contributed by atoms with Gasteiger partial charge in [0.05, 0.1) is 5.52 Å². The predicted octanol–water partition coefficient (Wildman–Crippen LogP) is 3.18. The fourth-order valence-electron chi connectivity index (χ4n) is 2.79. The molecule has 2 aromatic heterocycles. The Hall–Kier alpha value is -3.35. The monoisotopic (exact) mass is 379 g/mol. The number of hydrogen-bond acceptors (Lipinski definition) is 4. The first-order valence-electron chi connectivity index (χ1n) is 9.04. The number of fused-ring (bicyclic) bond motifs is 1. The summed E-state index contributed by atoms with van der Waals surface area (Å²) in [6.07, 6.45) is 1.72. The molecule has 0 unspecified atom stereocenters. The van der Waals surface area contributed by atoms with Crippen molar-refractivity contribution >= 4 is 28.7 Å². The summed E-state index contributed by atoms with van der Waals surface area (Å²) in [6, 6.07) is 12.9. The van der Waals surface area contributed by atoms with Gasteiger partial charge in [0.15, 0.2) is 5.69 Å². The first-order valence-corrected chi connectivity index (χ1v) is 9.04. The first kappa shape index (κ1) is 19.4. The molecule has 2 N–H and O–H groups in total. The smallest absolute Gasteiger partial charge is 0.292 e. The van der Waals surface area contributed by atoms with Gasteiger partial charge in [-0.1, -0.05) is 6.07 Å². The maximum absolute atomic E-state index is 12.8. The molecule has 0 saturated carbocycles. The second-order valence-corrected chi connectivity index (χ2v) is 7.84. The summed E-state index contributed by atoms with van der Waals surface area (Å²) in [5, 5.41) is 5.74. The summed E-state index contributed by atoms with van der Waals surface area (Å²) in [5.41, 5.74) is 2.09.